The van der Waals surface area contributed by atoms with Crippen molar-refractivity contribution in [3.8, 4) is 0 Å². The van der Waals surface area contributed by atoms with E-state index in [1.165, 1.54) is 25.8 Å². The second-order valence-corrected chi connectivity index (χ2v) is 5.88. The number of ether oxygens (including phenoxy) is 1. The largest absolute Gasteiger partial charge is 0.359 e. The van der Waals surface area contributed by atoms with Gasteiger partial charge >= 0.3 is 0 Å². The van der Waals surface area contributed by atoms with Gasteiger partial charge in [-0.05, 0) is 40.2 Å². The molecule has 0 aliphatic carbocycles. The molecular formula is C12H25ClN2O. The van der Waals surface area contributed by atoms with Gasteiger partial charge in [0.1, 0.15) is 5.72 Å². The van der Waals surface area contributed by atoms with Crippen LogP contribution in [0, 0.1) is 0 Å². The minimum absolute atomic E-state index is 0. The molecule has 2 fully saturated rings. The first-order chi connectivity index (χ1) is 6.99. The molecular weight excluding hydrogens is 224 g/mol. The first-order valence-corrected chi connectivity index (χ1v) is 6.16. The van der Waals surface area contributed by atoms with Gasteiger partial charge in [-0.1, -0.05) is 6.42 Å². The Hall–Kier alpha value is 0.170. The molecule has 0 radical (unpaired) electrons. The van der Waals surface area contributed by atoms with Gasteiger partial charge in [0.05, 0.1) is 6.61 Å². The molecule has 0 spiro atoms. The average molecular weight is 249 g/mol. The zero-order valence-corrected chi connectivity index (χ0v) is 11.5. The van der Waals surface area contributed by atoms with E-state index in [1.807, 2.05) is 0 Å². The lowest BCUT2D eigenvalue weighted by atomic mass is 9.96. The third-order valence-electron chi connectivity index (χ3n) is 3.40. The van der Waals surface area contributed by atoms with Crippen molar-refractivity contribution in [2.45, 2.75) is 63.8 Å². The molecule has 2 aliphatic rings. The summed E-state index contributed by atoms with van der Waals surface area (Å²) in [6, 6.07) is 0.630. The summed E-state index contributed by atoms with van der Waals surface area (Å²) in [5.74, 6) is 0. The van der Waals surface area contributed by atoms with E-state index in [-0.39, 0.29) is 23.7 Å². The summed E-state index contributed by atoms with van der Waals surface area (Å²) in [5, 5.41) is 7.17. The maximum atomic E-state index is 5.91. The number of nitrogens with one attached hydrogen (secondary N) is 2. The molecule has 2 atom stereocenters. The van der Waals surface area contributed by atoms with E-state index in [1.54, 1.807) is 0 Å². The minimum Gasteiger partial charge on any atom is -0.359 e. The zero-order valence-electron chi connectivity index (χ0n) is 10.6. The van der Waals surface area contributed by atoms with E-state index in [0.29, 0.717) is 6.04 Å². The summed E-state index contributed by atoms with van der Waals surface area (Å²) in [5.41, 5.74) is 0.00191. The Kier molecular flexibility index (Phi) is 4.64. The molecule has 2 unspecified atom stereocenters. The maximum absolute atomic E-state index is 5.91. The highest BCUT2D eigenvalue weighted by atomic mass is 35.5. The summed E-state index contributed by atoms with van der Waals surface area (Å²) < 4.78 is 5.91. The molecule has 0 aromatic heterocycles. The molecule has 4 heteroatoms. The Labute approximate surface area is 105 Å². The minimum atomic E-state index is -0.126. The van der Waals surface area contributed by atoms with Crippen molar-refractivity contribution in [1.82, 2.24) is 10.6 Å². The molecule has 3 nitrogen and oxygen atoms in total. The highest BCUT2D eigenvalue weighted by Crippen LogP contribution is 2.28. The lowest BCUT2D eigenvalue weighted by Crippen LogP contribution is -2.50. The van der Waals surface area contributed by atoms with Crippen molar-refractivity contribution in [3.05, 3.63) is 0 Å². The third-order valence-corrected chi connectivity index (χ3v) is 3.40. The Morgan fingerprint density at radius 3 is 2.50 bits per heavy atom. The molecule has 2 N–H and O–H groups in total. The van der Waals surface area contributed by atoms with Crippen LogP contribution < -0.4 is 10.6 Å². The zero-order chi connectivity index (χ0) is 10.9. The highest BCUT2D eigenvalue weighted by Gasteiger charge is 2.41. The standard InChI is InChI=1S/C12H24N2O.ClH/c1-11(2)9-15-12(3,14-11)8-10-6-4-5-7-13-10;/h10,13-14H,4-9H2,1-3H3;1H. The fourth-order valence-electron chi connectivity index (χ4n) is 2.81. The van der Waals surface area contributed by atoms with E-state index in [0.717, 1.165) is 13.0 Å². The van der Waals surface area contributed by atoms with Crippen LogP contribution in [0.3, 0.4) is 0 Å². The van der Waals surface area contributed by atoms with Crippen LogP contribution in [0.2, 0.25) is 0 Å². The summed E-state index contributed by atoms with van der Waals surface area (Å²) >= 11 is 0. The number of piperidine rings is 1. The van der Waals surface area contributed by atoms with E-state index in [9.17, 15) is 0 Å². The summed E-state index contributed by atoms with van der Waals surface area (Å²) in [6.45, 7) is 8.57. The monoisotopic (exact) mass is 248 g/mol. The van der Waals surface area contributed by atoms with E-state index in [2.05, 4.69) is 31.4 Å². The molecule has 0 aromatic rings. The van der Waals surface area contributed by atoms with Crippen molar-refractivity contribution in [2.75, 3.05) is 13.2 Å². The Morgan fingerprint density at radius 2 is 2.00 bits per heavy atom. The molecule has 0 aromatic carbocycles. The van der Waals surface area contributed by atoms with Crippen molar-refractivity contribution in [2.24, 2.45) is 0 Å². The smallest absolute Gasteiger partial charge is 0.118 e. The normalized spacial score (nSPS) is 38.1. The number of hydrogen-bond donors (Lipinski definition) is 2. The quantitative estimate of drug-likeness (QED) is 0.785. The predicted octanol–water partition coefficient (Wildman–Crippen LogP) is 2.06. The Bertz CT molecular complexity index is 229. The number of hydrogen-bond acceptors (Lipinski definition) is 3. The lowest BCUT2D eigenvalue weighted by molar-refractivity contribution is -0.0106. The van der Waals surface area contributed by atoms with Gasteiger partial charge in [-0.3, -0.25) is 5.32 Å². The van der Waals surface area contributed by atoms with Gasteiger partial charge < -0.3 is 10.1 Å². The highest BCUT2D eigenvalue weighted by molar-refractivity contribution is 5.85. The fourth-order valence-corrected chi connectivity index (χ4v) is 2.81. The second-order valence-electron chi connectivity index (χ2n) is 5.88. The van der Waals surface area contributed by atoms with Gasteiger partial charge in [0.2, 0.25) is 0 Å². The number of rotatable bonds is 2. The fraction of sp³-hybridized carbons (Fsp3) is 1.00. The average Bonchev–Trinajstić information content (AvgIpc) is 2.42. The van der Waals surface area contributed by atoms with Crippen LogP contribution >= 0.6 is 12.4 Å². The van der Waals surface area contributed by atoms with Gasteiger partial charge in [0.25, 0.3) is 0 Å². The van der Waals surface area contributed by atoms with Gasteiger partial charge in [-0.2, -0.15) is 0 Å². The molecule has 2 rings (SSSR count). The Balaban J connectivity index is 0.00000128. The molecule has 16 heavy (non-hydrogen) atoms. The summed E-state index contributed by atoms with van der Waals surface area (Å²) in [6.07, 6.45) is 5.06. The maximum Gasteiger partial charge on any atom is 0.118 e. The van der Waals surface area contributed by atoms with Gasteiger partial charge in [0, 0.05) is 18.0 Å². The van der Waals surface area contributed by atoms with Crippen molar-refractivity contribution >= 4 is 12.4 Å². The molecule has 0 bridgehead atoms. The van der Waals surface area contributed by atoms with Crippen LogP contribution in [0.15, 0.2) is 0 Å². The van der Waals surface area contributed by atoms with Crippen LogP contribution in [-0.4, -0.2) is 30.5 Å². The molecule has 96 valence electrons. The number of halogens is 1. The Morgan fingerprint density at radius 1 is 1.25 bits per heavy atom. The molecule has 2 saturated heterocycles. The van der Waals surface area contributed by atoms with Crippen molar-refractivity contribution in [3.63, 3.8) is 0 Å². The summed E-state index contributed by atoms with van der Waals surface area (Å²) in [4.78, 5) is 0. The first kappa shape index (κ1) is 14.2. The van der Waals surface area contributed by atoms with Crippen LogP contribution in [0.5, 0.6) is 0 Å². The molecule has 2 aliphatic heterocycles. The van der Waals surface area contributed by atoms with E-state index in [4.69, 9.17) is 4.74 Å². The third kappa shape index (κ3) is 3.59. The topological polar surface area (TPSA) is 33.3 Å². The predicted molar refractivity (Wildman–Crippen MR) is 69.1 cm³/mol. The van der Waals surface area contributed by atoms with Gasteiger partial charge in [-0.25, -0.2) is 0 Å². The molecule has 0 amide bonds. The van der Waals surface area contributed by atoms with E-state index >= 15 is 0 Å². The van der Waals surface area contributed by atoms with Crippen molar-refractivity contribution < 1.29 is 4.74 Å². The van der Waals surface area contributed by atoms with Crippen LogP contribution in [-0.2, 0) is 4.74 Å². The second kappa shape index (κ2) is 5.21. The van der Waals surface area contributed by atoms with Crippen LogP contribution in [0.1, 0.15) is 46.5 Å². The van der Waals surface area contributed by atoms with E-state index < -0.39 is 0 Å². The van der Waals surface area contributed by atoms with Gasteiger partial charge in [0.15, 0.2) is 0 Å². The van der Waals surface area contributed by atoms with Crippen LogP contribution in [0.4, 0.5) is 0 Å². The summed E-state index contributed by atoms with van der Waals surface area (Å²) in [7, 11) is 0. The SMILES string of the molecule is CC1(C)COC(C)(CC2CCCCN2)N1.Cl. The molecule has 0 saturated carbocycles. The van der Waals surface area contributed by atoms with Crippen LogP contribution in [0.25, 0.3) is 0 Å². The van der Waals surface area contributed by atoms with Gasteiger partial charge in [-0.15, -0.1) is 12.4 Å². The molecule has 2 heterocycles. The van der Waals surface area contributed by atoms with Crippen molar-refractivity contribution in [1.29, 1.82) is 0 Å². The lowest BCUT2D eigenvalue weighted by Gasteiger charge is -2.33. The first-order valence-electron chi connectivity index (χ1n) is 6.16.